The Hall–Kier alpha value is -3.83. The highest BCUT2D eigenvalue weighted by molar-refractivity contribution is 5.92. The molecule has 1 amide bonds. The Bertz CT molecular complexity index is 1220. The van der Waals surface area contributed by atoms with Crippen molar-refractivity contribution in [2.45, 2.75) is 32.9 Å². The van der Waals surface area contributed by atoms with E-state index in [9.17, 15) is 9.59 Å². The van der Waals surface area contributed by atoms with Gasteiger partial charge in [0, 0.05) is 37.3 Å². The van der Waals surface area contributed by atoms with Gasteiger partial charge in [-0.2, -0.15) is 0 Å². The number of hydrogen-bond donors (Lipinski definition) is 4. The van der Waals surface area contributed by atoms with Crippen LogP contribution in [0.1, 0.15) is 35.5 Å². The average molecular weight is 448 g/mol. The van der Waals surface area contributed by atoms with Gasteiger partial charge in [0.2, 0.25) is 0 Å². The molecule has 2 heterocycles. The largest absolute Gasteiger partial charge is 0.462 e. The highest BCUT2D eigenvalue weighted by Crippen LogP contribution is 2.16. The number of aryl methyl sites for hydroxylation is 1. The lowest BCUT2D eigenvalue weighted by molar-refractivity contribution is 0.0958. The summed E-state index contributed by atoms with van der Waals surface area (Å²) in [7, 11) is 1.56. The van der Waals surface area contributed by atoms with Crippen LogP contribution in [0.3, 0.4) is 0 Å². The Labute approximate surface area is 193 Å². The van der Waals surface area contributed by atoms with Gasteiger partial charge < -0.3 is 25.6 Å². The van der Waals surface area contributed by atoms with E-state index in [4.69, 9.17) is 5.11 Å². The number of aromatic amines is 1. The number of fused-ring (bicyclic) bond motifs is 1. The number of carbonyl (C=O) groups excluding carboxylic acids is 1. The summed E-state index contributed by atoms with van der Waals surface area (Å²) >= 11 is 0. The second kappa shape index (κ2) is 11.2. The first-order chi connectivity index (χ1) is 15.9. The first kappa shape index (κ1) is 23.8. The fourth-order valence-electron chi connectivity index (χ4n) is 3.58. The number of hydrogen-bond acceptors (Lipinski definition) is 6. The Morgan fingerprint density at radius 2 is 2.09 bits per heavy atom. The lowest BCUT2D eigenvalue weighted by atomic mass is 10.1. The zero-order valence-electron chi connectivity index (χ0n) is 19.1. The van der Waals surface area contributed by atoms with E-state index >= 15 is 0 Å². The second-order valence-corrected chi connectivity index (χ2v) is 7.83. The molecule has 172 valence electrons. The molecule has 3 rings (SSSR count). The van der Waals surface area contributed by atoms with Crippen molar-refractivity contribution in [3.63, 3.8) is 0 Å². The summed E-state index contributed by atoms with van der Waals surface area (Å²) in [4.78, 5) is 33.0. The maximum atomic E-state index is 12.1. The lowest BCUT2D eigenvalue weighted by Gasteiger charge is -2.26. The van der Waals surface area contributed by atoms with Gasteiger partial charge in [-0.15, -0.1) is 0 Å². The van der Waals surface area contributed by atoms with Crippen LogP contribution in [0, 0.1) is 12.0 Å². The first-order valence-corrected chi connectivity index (χ1v) is 10.9. The molecule has 0 radical (unpaired) electrons. The minimum atomic E-state index is -0.249. The summed E-state index contributed by atoms with van der Waals surface area (Å²) in [6.07, 6.45) is 4.27. The molecule has 0 aliphatic heterocycles. The number of aromatic nitrogens is 2. The molecule has 8 nitrogen and oxygen atoms in total. The molecule has 1 aromatic carbocycles. The fourth-order valence-corrected chi connectivity index (χ4v) is 3.58. The molecule has 33 heavy (non-hydrogen) atoms. The summed E-state index contributed by atoms with van der Waals surface area (Å²) in [5.41, 5.74) is 3.76. The van der Waals surface area contributed by atoms with E-state index < -0.39 is 0 Å². The van der Waals surface area contributed by atoms with Crippen molar-refractivity contribution < 1.29 is 9.90 Å². The third-order valence-electron chi connectivity index (χ3n) is 5.44. The van der Waals surface area contributed by atoms with Crippen LogP contribution in [0.5, 0.6) is 0 Å². The van der Waals surface area contributed by atoms with Crippen molar-refractivity contribution in [3.05, 3.63) is 69.8 Å². The molecule has 0 saturated carbocycles. The Morgan fingerprint density at radius 3 is 2.76 bits per heavy atom. The molecule has 0 bridgehead atoms. The van der Waals surface area contributed by atoms with E-state index in [-0.39, 0.29) is 17.5 Å². The van der Waals surface area contributed by atoms with Gasteiger partial charge >= 0.3 is 0 Å². The summed E-state index contributed by atoms with van der Waals surface area (Å²) in [5, 5.41) is 16.0. The monoisotopic (exact) mass is 447 g/mol. The van der Waals surface area contributed by atoms with Gasteiger partial charge in [-0.3, -0.25) is 9.59 Å². The Kier molecular flexibility index (Phi) is 8.06. The van der Waals surface area contributed by atoms with E-state index in [0.717, 1.165) is 27.7 Å². The van der Waals surface area contributed by atoms with Crippen LogP contribution in [0.25, 0.3) is 10.9 Å². The predicted octanol–water partition coefficient (Wildman–Crippen LogP) is 2.16. The zero-order valence-corrected chi connectivity index (χ0v) is 19.1. The summed E-state index contributed by atoms with van der Waals surface area (Å²) < 4.78 is 0. The molecule has 0 fully saturated rings. The van der Waals surface area contributed by atoms with Gasteiger partial charge in [-0.25, -0.2) is 4.98 Å². The SMILES string of the molecule is CCc1cc2ccc(CNC(C)CN(CC#CO)c3ccc(C(=O)NC)nc3)cc2[nH]c1=O. The Balaban J connectivity index is 1.67. The zero-order chi connectivity index (χ0) is 23.8. The fraction of sp³-hybridized carbons (Fsp3) is 0.320. The van der Waals surface area contributed by atoms with Crippen molar-refractivity contribution >= 4 is 22.5 Å². The second-order valence-electron chi connectivity index (χ2n) is 7.83. The molecule has 0 aliphatic carbocycles. The summed E-state index contributed by atoms with van der Waals surface area (Å²) in [6.45, 7) is 5.59. The number of anilines is 1. The number of aliphatic hydroxyl groups is 1. The minimum absolute atomic E-state index is 0.0415. The van der Waals surface area contributed by atoms with Crippen LogP contribution in [0.2, 0.25) is 0 Å². The molecule has 4 N–H and O–H groups in total. The number of aliphatic hydroxyl groups excluding tert-OH is 1. The minimum Gasteiger partial charge on any atom is -0.462 e. The molecule has 3 aromatic rings. The third kappa shape index (κ3) is 6.11. The number of carbonyl (C=O) groups is 1. The van der Waals surface area contributed by atoms with Gasteiger partial charge in [0.15, 0.2) is 0 Å². The van der Waals surface area contributed by atoms with E-state index in [1.165, 1.54) is 0 Å². The van der Waals surface area contributed by atoms with Gasteiger partial charge in [-0.05, 0) is 54.5 Å². The number of rotatable bonds is 9. The van der Waals surface area contributed by atoms with Crippen LogP contribution in [0.15, 0.2) is 47.4 Å². The van der Waals surface area contributed by atoms with Gasteiger partial charge in [0.1, 0.15) is 11.8 Å². The van der Waals surface area contributed by atoms with E-state index in [0.29, 0.717) is 31.7 Å². The molecule has 0 spiro atoms. The maximum Gasteiger partial charge on any atom is 0.269 e. The van der Waals surface area contributed by atoms with E-state index in [2.05, 4.69) is 39.5 Å². The molecule has 2 aromatic heterocycles. The quantitative estimate of drug-likeness (QED) is 0.374. The topological polar surface area (TPSA) is 110 Å². The standard InChI is InChI=1S/C25H29N5O3/c1-4-19-13-20-7-6-18(12-23(20)29-24(19)32)14-27-17(2)16-30(10-5-11-31)21-8-9-22(28-15-21)25(33)26-3/h6-9,12-13,15,17,27,31H,4,10,14,16H2,1-3H3,(H,26,33)(H,29,32). The summed E-state index contributed by atoms with van der Waals surface area (Å²) in [6, 6.07) is 11.6. The van der Waals surface area contributed by atoms with E-state index in [1.54, 1.807) is 19.3 Å². The molecular weight excluding hydrogens is 418 g/mol. The van der Waals surface area contributed by atoms with Crippen LogP contribution in [-0.4, -0.2) is 47.2 Å². The summed E-state index contributed by atoms with van der Waals surface area (Å²) in [5.74, 6) is 2.42. The number of benzene rings is 1. The molecule has 0 aliphatic rings. The number of nitrogens with one attached hydrogen (secondary N) is 3. The van der Waals surface area contributed by atoms with Crippen molar-refractivity contribution in [2.24, 2.45) is 0 Å². The number of nitrogens with zero attached hydrogens (tertiary/aromatic N) is 2. The van der Waals surface area contributed by atoms with Crippen molar-refractivity contribution in [1.82, 2.24) is 20.6 Å². The predicted molar refractivity (Wildman–Crippen MR) is 130 cm³/mol. The van der Waals surface area contributed by atoms with Crippen molar-refractivity contribution in [3.8, 4) is 12.0 Å². The highest BCUT2D eigenvalue weighted by Gasteiger charge is 2.13. The normalized spacial score (nSPS) is 11.5. The smallest absolute Gasteiger partial charge is 0.269 e. The average Bonchev–Trinajstić information content (AvgIpc) is 2.84. The molecule has 0 saturated heterocycles. The van der Waals surface area contributed by atoms with Crippen LogP contribution >= 0.6 is 0 Å². The third-order valence-corrected chi connectivity index (χ3v) is 5.44. The first-order valence-electron chi connectivity index (χ1n) is 10.9. The molecular formula is C25H29N5O3. The highest BCUT2D eigenvalue weighted by atomic mass is 16.2. The Morgan fingerprint density at radius 1 is 1.27 bits per heavy atom. The van der Waals surface area contributed by atoms with Gasteiger partial charge in [0.25, 0.3) is 11.5 Å². The van der Waals surface area contributed by atoms with Gasteiger partial charge in [0.05, 0.1) is 18.4 Å². The van der Waals surface area contributed by atoms with Gasteiger partial charge in [-0.1, -0.05) is 19.1 Å². The molecule has 8 heteroatoms. The van der Waals surface area contributed by atoms with Crippen LogP contribution < -0.4 is 21.1 Å². The van der Waals surface area contributed by atoms with E-state index in [1.807, 2.05) is 42.2 Å². The number of amides is 1. The van der Waals surface area contributed by atoms with Crippen LogP contribution in [0.4, 0.5) is 5.69 Å². The number of pyridine rings is 2. The maximum absolute atomic E-state index is 12.1. The number of H-pyrrole nitrogens is 1. The van der Waals surface area contributed by atoms with Crippen molar-refractivity contribution in [2.75, 3.05) is 25.0 Å². The molecule has 1 atom stereocenters. The lowest BCUT2D eigenvalue weighted by Crippen LogP contribution is -2.39. The van der Waals surface area contributed by atoms with Crippen molar-refractivity contribution in [1.29, 1.82) is 0 Å². The molecule has 1 unspecified atom stereocenters. The van der Waals surface area contributed by atoms with Crippen LogP contribution in [-0.2, 0) is 13.0 Å².